The Labute approximate surface area is 208 Å². The Balaban J connectivity index is 1.22. The van der Waals surface area contributed by atoms with Gasteiger partial charge in [0.15, 0.2) is 0 Å². The molecule has 9 heteroatoms. The average molecular weight is 492 g/mol. The fourth-order valence-electron chi connectivity index (χ4n) is 5.09. The zero-order valence-electron chi connectivity index (χ0n) is 19.5. The molecule has 1 spiro atoms. The number of urea groups is 1. The molecule has 5 rings (SSSR count). The smallest absolute Gasteiger partial charge is 0.314 e. The van der Waals surface area contributed by atoms with Crippen molar-refractivity contribution in [1.29, 1.82) is 0 Å². The van der Waals surface area contributed by atoms with Crippen molar-refractivity contribution < 1.29 is 14.4 Å². The Morgan fingerprint density at radius 2 is 2.06 bits per heavy atom. The maximum absolute atomic E-state index is 12.8. The number of carbonyl (C=O) groups excluding carboxylic acids is 3. The molecule has 8 nitrogen and oxygen atoms in total. The molecule has 4 amide bonds. The van der Waals surface area contributed by atoms with E-state index in [1.165, 1.54) is 10.5 Å². The lowest BCUT2D eigenvalue weighted by molar-refractivity contribution is -0.128. The second kappa shape index (κ2) is 9.65. The molecule has 182 valence electrons. The number of nitrogens with zero attached hydrogens (tertiary/aromatic N) is 3. The summed E-state index contributed by atoms with van der Waals surface area (Å²) in [5.74, 6) is 0.510. The monoisotopic (exact) mass is 491 g/mol. The van der Waals surface area contributed by atoms with Crippen LogP contribution >= 0.6 is 11.3 Å². The van der Waals surface area contributed by atoms with Gasteiger partial charge in [-0.3, -0.25) is 9.59 Å². The average Bonchev–Trinajstić information content (AvgIpc) is 3.37. The second-order valence-corrected chi connectivity index (χ2v) is 10.5. The molecular formula is C26H29N5O3S. The van der Waals surface area contributed by atoms with Crippen LogP contribution in [0.25, 0.3) is 6.08 Å². The van der Waals surface area contributed by atoms with Gasteiger partial charge in [0.25, 0.3) is 0 Å². The third kappa shape index (κ3) is 5.00. The van der Waals surface area contributed by atoms with E-state index in [2.05, 4.69) is 33.9 Å². The number of hydrogen-bond acceptors (Lipinski definition) is 5. The van der Waals surface area contributed by atoms with E-state index >= 15 is 0 Å². The maximum atomic E-state index is 12.8. The molecule has 0 saturated carbocycles. The Kier molecular flexibility index (Phi) is 6.42. The minimum absolute atomic E-state index is 0.0160. The molecule has 0 aromatic carbocycles. The number of nitrogens with one attached hydrogen (secondary N) is 1. The number of thiophene rings is 1. The van der Waals surface area contributed by atoms with E-state index in [1.54, 1.807) is 34.6 Å². The summed E-state index contributed by atoms with van der Waals surface area (Å²) in [6.45, 7) is 2.29. The van der Waals surface area contributed by atoms with Gasteiger partial charge >= 0.3 is 6.03 Å². The quantitative estimate of drug-likeness (QED) is 0.506. The minimum atomic E-state index is -0.556. The van der Waals surface area contributed by atoms with E-state index in [-0.39, 0.29) is 11.8 Å². The van der Waals surface area contributed by atoms with Crippen LogP contribution in [-0.4, -0.2) is 58.8 Å². The van der Waals surface area contributed by atoms with Crippen molar-refractivity contribution in [3.63, 3.8) is 0 Å². The molecule has 0 radical (unpaired) electrons. The predicted molar refractivity (Wildman–Crippen MR) is 136 cm³/mol. The van der Waals surface area contributed by atoms with Crippen molar-refractivity contribution in [2.75, 3.05) is 31.5 Å². The molecule has 0 atom stereocenters. The fraction of sp³-hybridized carbons (Fsp3) is 0.385. The number of pyridine rings is 1. The van der Waals surface area contributed by atoms with Crippen molar-refractivity contribution in [3.05, 3.63) is 63.5 Å². The lowest BCUT2D eigenvalue weighted by Gasteiger charge is -2.42. The number of anilines is 1. The molecule has 35 heavy (non-hydrogen) atoms. The topological polar surface area (TPSA) is 109 Å². The normalized spacial score (nSPS) is 19.4. The molecule has 0 bridgehead atoms. The van der Waals surface area contributed by atoms with Crippen LogP contribution < -0.4 is 11.1 Å². The van der Waals surface area contributed by atoms with Crippen LogP contribution in [0, 0.1) is 5.41 Å². The molecule has 1 saturated heterocycles. The Morgan fingerprint density at radius 3 is 2.74 bits per heavy atom. The fourth-order valence-corrected chi connectivity index (χ4v) is 5.85. The third-order valence-corrected chi connectivity index (χ3v) is 8.15. The lowest BCUT2D eigenvalue weighted by Crippen LogP contribution is -2.52. The molecule has 2 aromatic rings. The number of amides is 4. The Bertz CT molecular complexity index is 1200. The van der Waals surface area contributed by atoms with Crippen LogP contribution in [0.2, 0.25) is 0 Å². The number of carbonyl (C=O) groups is 3. The SMILES string of the molecule is NC(=O)N1CCC2(CC1)Cc1cc(/C=C/C(=O)N3CC=C(Cc4cccs4)CC3)cnc1NC2=O. The molecule has 3 N–H and O–H groups in total. The van der Waals surface area contributed by atoms with E-state index in [0.717, 1.165) is 30.5 Å². The summed E-state index contributed by atoms with van der Waals surface area (Å²) in [4.78, 5) is 46.3. The van der Waals surface area contributed by atoms with Crippen molar-refractivity contribution in [3.8, 4) is 0 Å². The van der Waals surface area contributed by atoms with Crippen molar-refractivity contribution in [2.45, 2.75) is 32.1 Å². The summed E-state index contributed by atoms with van der Waals surface area (Å²) >= 11 is 1.77. The number of nitrogens with two attached hydrogens (primary N) is 1. The first-order valence-electron chi connectivity index (χ1n) is 11.9. The summed E-state index contributed by atoms with van der Waals surface area (Å²) in [6.07, 6.45) is 10.8. The largest absolute Gasteiger partial charge is 0.351 e. The lowest BCUT2D eigenvalue weighted by atomic mass is 9.71. The number of primary amides is 1. The molecule has 5 heterocycles. The van der Waals surface area contributed by atoms with Crippen LogP contribution in [0.1, 0.15) is 35.3 Å². The molecule has 0 unspecified atom stereocenters. The number of fused-ring (bicyclic) bond motifs is 1. The highest BCUT2D eigenvalue weighted by atomic mass is 32.1. The van der Waals surface area contributed by atoms with Crippen LogP contribution in [0.4, 0.5) is 10.6 Å². The van der Waals surface area contributed by atoms with E-state index in [0.29, 0.717) is 44.7 Å². The number of likely N-dealkylation sites (tertiary alicyclic amines) is 1. The molecular weight excluding hydrogens is 462 g/mol. The van der Waals surface area contributed by atoms with Crippen molar-refractivity contribution in [2.24, 2.45) is 11.1 Å². The number of rotatable bonds is 4. The third-order valence-electron chi connectivity index (χ3n) is 7.28. The van der Waals surface area contributed by atoms with Gasteiger partial charge in [-0.15, -0.1) is 11.3 Å². The molecule has 3 aliphatic rings. The molecule has 2 aromatic heterocycles. The van der Waals surface area contributed by atoms with Gasteiger partial charge in [-0.2, -0.15) is 0 Å². The zero-order chi connectivity index (χ0) is 24.4. The Morgan fingerprint density at radius 1 is 1.23 bits per heavy atom. The van der Waals surface area contributed by atoms with E-state index in [1.807, 2.05) is 11.0 Å². The highest BCUT2D eigenvalue weighted by Gasteiger charge is 2.45. The van der Waals surface area contributed by atoms with Gasteiger partial charge in [0, 0.05) is 49.7 Å². The van der Waals surface area contributed by atoms with E-state index < -0.39 is 11.4 Å². The second-order valence-electron chi connectivity index (χ2n) is 9.50. The van der Waals surface area contributed by atoms with E-state index in [4.69, 9.17) is 5.73 Å². The minimum Gasteiger partial charge on any atom is -0.351 e. The van der Waals surface area contributed by atoms with Crippen molar-refractivity contribution in [1.82, 2.24) is 14.8 Å². The number of piperidine rings is 1. The first-order valence-corrected chi connectivity index (χ1v) is 12.8. The first kappa shape index (κ1) is 23.3. The number of aromatic nitrogens is 1. The summed E-state index contributed by atoms with van der Waals surface area (Å²) in [7, 11) is 0. The Hall–Kier alpha value is -3.46. The number of hydrogen-bond donors (Lipinski definition) is 2. The van der Waals surface area contributed by atoms with Crippen LogP contribution in [0.5, 0.6) is 0 Å². The summed E-state index contributed by atoms with van der Waals surface area (Å²) in [5, 5.41) is 5.03. The van der Waals surface area contributed by atoms with E-state index in [9.17, 15) is 14.4 Å². The highest BCUT2D eigenvalue weighted by Crippen LogP contribution is 2.41. The molecule has 0 aliphatic carbocycles. The first-order chi connectivity index (χ1) is 16.9. The van der Waals surface area contributed by atoms with Crippen molar-refractivity contribution >= 4 is 41.1 Å². The van der Waals surface area contributed by atoms with Gasteiger partial charge < -0.3 is 20.9 Å². The van der Waals surface area contributed by atoms with Crippen LogP contribution in [-0.2, 0) is 22.4 Å². The van der Waals surface area contributed by atoms with Gasteiger partial charge in [0.2, 0.25) is 11.8 Å². The maximum Gasteiger partial charge on any atom is 0.314 e. The highest BCUT2D eigenvalue weighted by molar-refractivity contribution is 7.09. The van der Waals surface area contributed by atoms with Gasteiger partial charge in [0.1, 0.15) is 5.82 Å². The van der Waals surface area contributed by atoms with Gasteiger partial charge in [0.05, 0.1) is 5.41 Å². The predicted octanol–water partition coefficient (Wildman–Crippen LogP) is 3.21. The molecule has 3 aliphatic heterocycles. The standard InChI is InChI=1S/C26H29N5O3S/c27-25(34)31-11-7-26(8-12-31)16-20-14-19(17-28-23(20)29-24(26)33)3-4-22(32)30-9-5-18(6-10-30)15-21-2-1-13-35-21/h1-5,13-14,17H,6-12,15-16H2,(H2,27,34)(H,28,29,33)/b4-3+. The van der Waals surface area contributed by atoms with Crippen LogP contribution in [0.3, 0.4) is 0 Å². The summed E-state index contributed by atoms with van der Waals surface area (Å²) in [6, 6.07) is 5.76. The summed E-state index contributed by atoms with van der Waals surface area (Å²) in [5.41, 5.74) is 8.00. The molecule has 1 fully saturated rings. The zero-order valence-corrected chi connectivity index (χ0v) is 20.4. The van der Waals surface area contributed by atoms with Gasteiger partial charge in [-0.25, -0.2) is 9.78 Å². The van der Waals surface area contributed by atoms with Crippen LogP contribution in [0.15, 0.2) is 47.5 Å². The summed E-state index contributed by atoms with van der Waals surface area (Å²) < 4.78 is 0. The van der Waals surface area contributed by atoms with Gasteiger partial charge in [-0.05, 0) is 60.4 Å². The van der Waals surface area contributed by atoms with Gasteiger partial charge in [-0.1, -0.05) is 17.7 Å².